The molecule has 0 aliphatic heterocycles. The molecule has 5 rings (SSSR count). The summed E-state index contributed by atoms with van der Waals surface area (Å²) in [5.41, 5.74) is 5.69. The molecule has 5 heteroatoms. The van der Waals surface area contributed by atoms with Gasteiger partial charge in [-0.05, 0) is 36.2 Å². The molecule has 0 aliphatic rings. The van der Waals surface area contributed by atoms with E-state index in [1.165, 1.54) is 25.9 Å². The normalized spacial score (nSPS) is 11.3. The first kappa shape index (κ1) is 16.0. The average molecular weight is 370 g/mol. The van der Waals surface area contributed by atoms with Crippen LogP contribution in [0.3, 0.4) is 0 Å². The summed E-state index contributed by atoms with van der Waals surface area (Å²) < 4.78 is 2.50. The van der Waals surface area contributed by atoms with Crippen LogP contribution in [0.25, 0.3) is 31.6 Å². The molecule has 0 atom stereocenters. The van der Waals surface area contributed by atoms with Crippen molar-refractivity contribution in [1.29, 1.82) is 0 Å². The number of nitrogens with zero attached hydrogens (tertiary/aromatic N) is 2. The largest absolute Gasteiger partial charge is 0.366 e. The quantitative estimate of drug-likeness (QED) is 0.423. The lowest BCUT2D eigenvalue weighted by Gasteiger charge is -2.07. The van der Waals surface area contributed by atoms with Crippen molar-refractivity contribution in [2.75, 3.05) is 5.32 Å². The number of rotatable bonds is 4. The fourth-order valence-corrected chi connectivity index (χ4v) is 4.45. The second-order valence-corrected chi connectivity index (χ2v) is 7.70. The monoisotopic (exact) mass is 370 g/mol. The molecule has 3 heterocycles. The van der Waals surface area contributed by atoms with E-state index >= 15 is 0 Å². The van der Waals surface area contributed by atoms with E-state index < -0.39 is 0 Å². The van der Waals surface area contributed by atoms with Gasteiger partial charge in [-0.1, -0.05) is 42.5 Å². The highest BCUT2D eigenvalue weighted by Crippen LogP contribution is 2.38. The van der Waals surface area contributed by atoms with Crippen LogP contribution in [0, 0.1) is 6.92 Å². The molecule has 0 radical (unpaired) electrons. The topological polar surface area (TPSA) is 53.6 Å². The van der Waals surface area contributed by atoms with Gasteiger partial charge in [0.15, 0.2) is 0 Å². The third-order valence-corrected chi connectivity index (χ3v) is 5.88. The lowest BCUT2D eigenvalue weighted by Crippen LogP contribution is -2.01. The van der Waals surface area contributed by atoms with E-state index in [-0.39, 0.29) is 0 Å². The molecule has 132 valence electrons. The van der Waals surface area contributed by atoms with Crippen molar-refractivity contribution >= 4 is 37.5 Å². The van der Waals surface area contributed by atoms with Crippen LogP contribution >= 0.6 is 11.3 Å². The van der Waals surface area contributed by atoms with E-state index in [1.54, 1.807) is 11.3 Å². The summed E-state index contributed by atoms with van der Waals surface area (Å²) in [6.07, 6.45) is 1.83. The Morgan fingerprint density at radius 2 is 1.89 bits per heavy atom. The Morgan fingerprint density at radius 3 is 2.74 bits per heavy atom. The smallest absolute Gasteiger partial charge is 0.126 e. The van der Waals surface area contributed by atoms with Crippen molar-refractivity contribution < 1.29 is 0 Å². The van der Waals surface area contributed by atoms with Gasteiger partial charge in [0.25, 0.3) is 0 Å². The van der Waals surface area contributed by atoms with Crippen LogP contribution in [0.15, 0.2) is 66.9 Å². The van der Waals surface area contributed by atoms with E-state index in [0.29, 0.717) is 0 Å². The number of benzene rings is 2. The fourth-order valence-electron chi connectivity index (χ4n) is 3.29. The van der Waals surface area contributed by atoms with E-state index in [4.69, 9.17) is 0 Å². The van der Waals surface area contributed by atoms with Gasteiger partial charge in [0.1, 0.15) is 11.5 Å². The fraction of sp³-hybridized carbons (Fsp3) is 0.0909. The van der Waals surface area contributed by atoms with Gasteiger partial charge in [-0.2, -0.15) is 5.10 Å². The Kier molecular flexibility index (Phi) is 3.87. The van der Waals surface area contributed by atoms with Crippen molar-refractivity contribution in [1.82, 2.24) is 15.2 Å². The molecule has 27 heavy (non-hydrogen) atoms. The lowest BCUT2D eigenvalue weighted by atomic mass is 10.1. The molecule has 0 unspecified atom stereocenters. The van der Waals surface area contributed by atoms with Crippen LogP contribution in [0.4, 0.5) is 5.82 Å². The van der Waals surface area contributed by atoms with E-state index in [0.717, 1.165) is 29.1 Å². The van der Waals surface area contributed by atoms with Gasteiger partial charge in [0, 0.05) is 28.4 Å². The summed E-state index contributed by atoms with van der Waals surface area (Å²) in [5.74, 6) is 0.901. The molecule has 0 amide bonds. The van der Waals surface area contributed by atoms with Crippen LogP contribution < -0.4 is 5.32 Å². The van der Waals surface area contributed by atoms with Crippen LogP contribution in [0.5, 0.6) is 0 Å². The number of anilines is 1. The molecule has 0 aliphatic carbocycles. The zero-order valence-electron chi connectivity index (χ0n) is 14.9. The predicted octanol–water partition coefficient (Wildman–Crippen LogP) is 5.76. The number of hydrogen-bond donors (Lipinski definition) is 2. The van der Waals surface area contributed by atoms with Crippen molar-refractivity contribution in [3.63, 3.8) is 0 Å². The summed E-state index contributed by atoms with van der Waals surface area (Å²) in [4.78, 5) is 4.34. The SMILES string of the molecule is Cc1ccnc(NCc2ccc(-c3n[nH]c4c3sc3ccccc34)cc2)c1. The van der Waals surface area contributed by atoms with Gasteiger partial charge < -0.3 is 5.32 Å². The van der Waals surface area contributed by atoms with E-state index in [2.05, 4.69) is 82.0 Å². The third-order valence-electron chi connectivity index (χ3n) is 4.71. The number of aryl methyl sites for hydroxylation is 1. The maximum atomic E-state index is 4.57. The number of nitrogens with one attached hydrogen (secondary N) is 2. The second-order valence-electron chi connectivity index (χ2n) is 6.64. The highest BCUT2D eigenvalue weighted by Gasteiger charge is 2.13. The van der Waals surface area contributed by atoms with Crippen molar-refractivity contribution in [2.24, 2.45) is 0 Å². The molecule has 2 N–H and O–H groups in total. The molecule has 0 spiro atoms. The van der Waals surface area contributed by atoms with Gasteiger partial charge in [-0.3, -0.25) is 5.10 Å². The Morgan fingerprint density at radius 1 is 1.04 bits per heavy atom. The Bertz CT molecular complexity index is 1230. The number of pyridine rings is 1. The van der Waals surface area contributed by atoms with Crippen LogP contribution in [-0.2, 0) is 6.54 Å². The zero-order valence-corrected chi connectivity index (χ0v) is 15.7. The van der Waals surface area contributed by atoms with Crippen molar-refractivity contribution in [3.8, 4) is 11.3 Å². The molecule has 0 bridgehead atoms. The minimum Gasteiger partial charge on any atom is -0.366 e. The summed E-state index contributed by atoms with van der Waals surface area (Å²) in [6, 6.07) is 21.1. The van der Waals surface area contributed by atoms with E-state index in [9.17, 15) is 0 Å². The summed E-state index contributed by atoms with van der Waals surface area (Å²) >= 11 is 1.79. The molecular weight excluding hydrogens is 352 g/mol. The molecule has 3 aromatic heterocycles. The standard InChI is InChI=1S/C22H18N4S/c1-14-10-11-23-19(12-14)24-13-15-6-8-16(9-7-15)20-22-21(26-25-20)17-4-2-3-5-18(17)27-22/h2-12H,13H2,1H3,(H,23,24)(H,25,26). The highest BCUT2D eigenvalue weighted by molar-refractivity contribution is 7.26. The first-order valence-electron chi connectivity index (χ1n) is 8.89. The second kappa shape index (κ2) is 6.52. The maximum Gasteiger partial charge on any atom is 0.126 e. The Hall–Kier alpha value is -3.18. The summed E-state index contributed by atoms with van der Waals surface area (Å²) in [5, 5.41) is 12.4. The lowest BCUT2D eigenvalue weighted by molar-refractivity contribution is 1.10. The zero-order chi connectivity index (χ0) is 18.2. The third kappa shape index (κ3) is 2.96. The number of aromatic amines is 1. The minimum atomic E-state index is 0.746. The molecular formula is C22H18N4S. The van der Waals surface area contributed by atoms with Gasteiger partial charge in [-0.15, -0.1) is 11.3 Å². The van der Waals surface area contributed by atoms with E-state index in [1.807, 2.05) is 12.3 Å². The van der Waals surface area contributed by atoms with Crippen LogP contribution in [-0.4, -0.2) is 15.2 Å². The molecule has 0 saturated carbocycles. The first-order chi connectivity index (χ1) is 13.3. The molecule has 0 fully saturated rings. The molecule has 4 nitrogen and oxygen atoms in total. The molecule has 0 saturated heterocycles. The Labute approximate surface area is 160 Å². The predicted molar refractivity (Wildman–Crippen MR) is 113 cm³/mol. The summed E-state index contributed by atoms with van der Waals surface area (Å²) in [7, 11) is 0. The van der Waals surface area contributed by atoms with Gasteiger partial charge in [-0.25, -0.2) is 4.98 Å². The van der Waals surface area contributed by atoms with Crippen molar-refractivity contribution in [3.05, 3.63) is 78.0 Å². The molecule has 5 aromatic rings. The van der Waals surface area contributed by atoms with Gasteiger partial charge in [0.2, 0.25) is 0 Å². The van der Waals surface area contributed by atoms with Crippen molar-refractivity contribution in [2.45, 2.75) is 13.5 Å². The van der Waals surface area contributed by atoms with Crippen LogP contribution in [0.1, 0.15) is 11.1 Å². The number of hydrogen-bond acceptors (Lipinski definition) is 4. The number of thiophene rings is 1. The van der Waals surface area contributed by atoms with Crippen LogP contribution in [0.2, 0.25) is 0 Å². The number of H-pyrrole nitrogens is 1. The highest BCUT2D eigenvalue weighted by atomic mass is 32.1. The first-order valence-corrected chi connectivity index (χ1v) is 9.71. The van der Waals surface area contributed by atoms with Gasteiger partial charge in [0.05, 0.1) is 10.2 Å². The number of aromatic nitrogens is 3. The van der Waals surface area contributed by atoms with Gasteiger partial charge >= 0.3 is 0 Å². The average Bonchev–Trinajstić information content (AvgIpc) is 3.26. The maximum absolute atomic E-state index is 4.57. The number of fused-ring (bicyclic) bond motifs is 3. The minimum absolute atomic E-state index is 0.746. The summed E-state index contributed by atoms with van der Waals surface area (Å²) in [6.45, 7) is 2.82. The molecule has 2 aromatic carbocycles. The Balaban J connectivity index is 1.41.